The molecule has 2 heteroatoms. The highest BCUT2D eigenvalue weighted by Crippen LogP contribution is 2.37. The van der Waals surface area contributed by atoms with Gasteiger partial charge in [0, 0.05) is 0 Å². The van der Waals surface area contributed by atoms with Crippen molar-refractivity contribution < 1.29 is 4.39 Å². The Hall–Kier alpha value is -2.92. The van der Waals surface area contributed by atoms with E-state index < -0.39 is 0 Å². The third kappa shape index (κ3) is 2.62. The van der Waals surface area contributed by atoms with E-state index in [0.29, 0.717) is 5.56 Å². The minimum Gasteiger partial charge on any atom is -0.206 e. The zero-order chi connectivity index (χ0) is 17.4. The number of nitrogens with zero attached hydrogens (tertiary/aromatic N) is 1. The van der Waals surface area contributed by atoms with E-state index in [1.807, 2.05) is 37.3 Å². The highest BCUT2D eigenvalue weighted by molar-refractivity contribution is 5.77. The number of halogens is 1. The minimum absolute atomic E-state index is 0.0261. The molecule has 122 valence electrons. The fourth-order valence-corrected chi connectivity index (χ4v) is 3.68. The summed E-state index contributed by atoms with van der Waals surface area (Å²) in [6, 6.07) is 20.1. The second-order valence-electron chi connectivity index (χ2n) is 6.48. The summed E-state index contributed by atoms with van der Waals surface area (Å²) in [4.78, 5) is 0. The first-order chi connectivity index (χ1) is 12.2. The molecule has 0 fully saturated rings. The second-order valence-corrected chi connectivity index (χ2v) is 6.48. The van der Waals surface area contributed by atoms with Crippen LogP contribution in [-0.2, 0) is 19.3 Å². The SMILES string of the molecule is CCc1ccc2c(c1F)CCc1cc(-c3ccc(C#N)cc3)ccc1-2. The standard InChI is InChI=1S/C23H18FN/c1-2-16-7-11-21-20-10-8-18(17-5-3-15(14-25)4-6-17)13-19(20)9-12-22(21)23(16)24/h3-8,10-11,13H,2,9,12H2,1H3. The summed E-state index contributed by atoms with van der Waals surface area (Å²) >= 11 is 0. The van der Waals surface area contributed by atoms with Gasteiger partial charge in [0.2, 0.25) is 0 Å². The second kappa shape index (κ2) is 6.18. The number of benzene rings is 3. The van der Waals surface area contributed by atoms with Gasteiger partial charge in [0.25, 0.3) is 0 Å². The number of hydrogen-bond acceptors (Lipinski definition) is 1. The summed E-state index contributed by atoms with van der Waals surface area (Å²) in [7, 11) is 0. The van der Waals surface area contributed by atoms with Gasteiger partial charge in [-0.3, -0.25) is 0 Å². The quantitative estimate of drug-likeness (QED) is 0.593. The Kier molecular flexibility index (Phi) is 3.86. The molecule has 4 rings (SSSR count). The van der Waals surface area contributed by atoms with E-state index >= 15 is 0 Å². The third-order valence-electron chi connectivity index (χ3n) is 5.09. The average molecular weight is 327 g/mol. The van der Waals surface area contributed by atoms with Crippen molar-refractivity contribution in [2.45, 2.75) is 26.2 Å². The lowest BCUT2D eigenvalue weighted by Gasteiger charge is -2.22. The maximum atomic E-state index is 14.6. The van der Waals surface area contributed by atoms with E-state index in [2.05, 4.69) is 30.3 Å². The zero-order valence-corrected chi connectivity index (χ0v) is 14.1. The Labute approximate surface area is 147 Å². The van der Waals surface area contributed by atoms with Crippen molar-refractivity contribution in [2.75, 3.05) is 0 Å². The van der Waals surface area contributed by atoms with Gasteiger partial charge in [-0.25, -0.2) is 4.39 Å². The highest BCUT2D eigenvalue weighted by atomic mass is 19.1. The fourth-order valence-electron chi connectivity index (χ4n) is 3.68. The topological polar surface area (TPSA) is 23.8 Å². The van der Waals surface area contributed by atoms with Crippen molar-refractivity contribution in [1.29, 1.82) is 5.26 Å². The van der Waals surface area contributed by atoms with Gasteiger partial charge in [-0.2, -0.15) is 5.26 Å². The average Bonchev–Trinajstić information content (AvgIpc) is 2.67. The molecule has 25 heavy (non-hydrogen) atoms. The van der Waals surface area contributed by atoms with Gasteiger partial charge in [0.1, 0.15) is 5.82 Å². The molecule has 0 heterocycles. The number of fused-ring (bicyclic) bond motifs is 3. The molecule has 0 saturated heterocycles. The Bertz CT molecular complexity index is 994. The molecule has 3 aromatic carbocycles. The Morgan fingerprint density at radius 2 is 1.64 bits per heavy atom. The molecular formula is C23H18FN. The fraction of sp³-hybridized carbons (Fsp3) is 0.174. The molecule has 0 atom stereocenters. The largest absolute Gasteiger partial charge is 0.206 e. The Balaban J connectivity index is 1.78. The van der Waals surface area contributed by atoms with Gasteiger partial charge in [-0.15, -0.1) is 0 Å². The summed E-state index contributed by atoms with van der Waals surface area (Å²) < 4.78 is 14.6. The van der Waals surface area contributed by atoms with Crippen molar-refractivity contribution in [3.05, 3.63) is 82.7 Å². The first kappa shape index (κ1) is 15.6. The molecule has 0 bridgehead atoms. The number of hydrogen-bond donors (Lipinski definition) is 0. The molecule has 1 nitrogen and oxygen atoms in total. The van der Waals surface area contributed by atoms with Gasteiger partial charge >= 0.3 is 0 Å². The summed E-state index contributed by atoms with van der Waals surface area (Å²) in [5, 5.41) is 8.93. The van der Waals surface area contributed by atoms with Crippen molar-refractivity contribution in [1.82, 2.24) is 0 Å². The van der Waals surface area contributed by atoms with Crippen LogP contribution in [0.1, 0.15) is 29.2 Å². The molecule has 3 aromatic rings. The van der Waals surface area contributed by atoms with Crippen LogP contribution in [0.2, 0.25) is 0 Å². The van der Waals surface area contributed by atoms with Crippen LogP contribution in [0.4, 0.5) is 4.39 Å². The number of rotatable bonds is 2. The summed E-state index contributed by atoms with van der Waals surface area (Å²) in [5.74, 6) is -0.0261. The van der Waals surface area contributed by atoms with Crippen LogP contribution in [0.25, 0.3) is 22.3 Å². The molecule has 1 aliphatic carbocycles. The monoisotopic (exact) mass is 327 g/mol. The van der Waals surface area contributed by atoms with Gasteiger partial charge in [0.15, 0.2) is 0 Å². The number of aryl methyl sites for hydroxylation is 2. The zero-order valence-electron chi connectivity index (χ0n) is 14.1. The van der Waals surface area contributed by atoms with Crippen LogP contribution in [0.5, 0.6) is 0 Å². The van der Waals surface area contributed by atoms with E-state index in [1.165, 1.54) is 5.56 Å². The highest BCUT2D eigenvalue weighted by Gasteiger charge is 2.21. The predicted molar refractivity (Wildman–Crippen MR) is 98.8 cm³/mol. The first-order valence-corrected chi connectivity index (χ1v) is 8.65. The molecule has 0 aromatic heterocycles. The summed E-state index contributed by atoms with van der Waals surface area (Å²) in [6.07, 6.45) is 2.33. The lowest BCUT2D eigenvalue weighted by Crippen LogP contribution is -2.08. The smallest absolute Gasteiger partial charge is 0.130 e. The van der Waals surface area contributed by atoms with Crippen molar-refractivity contribution >= 4 is 0 Å². The summed E-state index contributed by atoms with van der Waals surface area (Å²) in [6.45, 7) is 1.99. The molecule has 1 aliphatic rings. The van der Waals surface area contributed by atoms with Crippen LogP contribution in [0.15, 0.2) is 54.6 Å². The molecule has 0 N–H and O–H groups in total. The molecular weight excluding hydrogens is 309 g/mol. The van der Waals surface area contributed by atoms with Crippen molar-refractivity contribution in [3.8, 4) is 28.3 Å². The summed E-state index contributed by atoms with van der Waals surface area (Å²) in [5.41, 5.74) is 7.99. The maximum absolute atomic E-state index is 14.6. The van der Waals surface area contributed by atoms with Crippen molar-refractivity contribution in [2.24, 2.45) is 0 Å². The van der Waals surface area contributed by atoms with E-state index in [9.17, 15) is 4.39 Å². The molecule has 0 spiro atoms. The molecule has 0 radical (unpaired) electrons. The molecule has 0 amide bonds. The van der Waals surface area contributed by atoms with Crippen LogP contribution in [0.3, 0.4) is 0 Å². The van der Waals surface area contributed by atoms with Crippen LogP contribution in [-0.4, -0.2) is 0 Å². The molecule has 0 unspecified atom stereocenters. The normalized spacial score (nSPS) is 12.2. The van der Waals surface area contributed by atoms with Crippen LogP contribution >= 0.6 is 0 Å². The Morgan fingerprint density at radius 1 is 0.920 bits per heavy atom. The van der Waals surface area contributed by atoms with E-state index in [0.717, 1.165) is 52.6 Å². The lowest BCUT2D eigenvalue weighted by molar-refractivity contribution is 0.593. The number of nitriles is 1. The molecule has 0 saturated carbocycles. The Morgan fingerprint density at radius 3 is 2.36 bits per heavy atom. The maximum Gasteiger partial charge on any atom is 0.130 e. The minimum atomic E-state index is -0.0261. The van der Waals surface area contributed by atoms with E-state index in [-0.39, 0.29) is 5.82 Å². The van der Waals surface area contributed by atoms with Gasteiger partial charge in [-0.05, 0) is 70.3 Å². The molecule has 0 aliphatic heterocycles. The predicted octanol–water partition coefficient (Wildman–Crippen LogP) is 5.69. The third-order valence-corrected chi connectivity index (χ3v) is 5.09. The van der Waals surface area contributed by atoms with E-state index in [4.69, 9.17) is 5.26 Å². The first-order valence-electron chi connectivity index (χ1n) is 8.65. The van der Waals surface area contributed by atoms with Gasteiger partial charge in [0.05, 0.1) is 11.6 Å². The van der Waals surface area contributed by atoms with Crippen molar-refractivity contribution in [3.63, 3.8) is 0 Å². The van der Waals surface area contributed by atoms with Crippen LogP contribution in [0, 0.1) is 17.1 Å². The lowest BCUT2D eigenvalue weighted by atomic mass is 9.83. The van der Waals surface area contributed by atoms with Gasteiger partial charge in [-0.1, -0.05) is 49.4 Å². The van der Waals surface area contributed by atoms with Gasteiger partial charge < -0.3 is 0 Å². The van der Waals surface area contributed by atoms with Crippen LogP contribution < -0.4 is 0 Å². The van der Waals surface area contributed by atoms with E-state index in [1.54, 1.807) is 0 Å².